The van der Waals surface area contributed by atoms with E-state index in [9.17, 15) is 9.59 Å². The molecular weight excluding hydrogens is 248 g/mol. The summed E-state index contributed by atoms with van der Waals surface area (Å²) in [6.07, 6.45) is 0.540. The van der Waals surface area contributed by atoms with Gasteiger partial charge in [-0.05, 0) is 5.56 Å². The third-order valence-corrected chi connectivity index (χ3v) is 2.36. The van der Waals surface area contributed by atoms with Crippen molar-refractivity contribution in [3.8, 4) is 0 Å². The summed E-state index contributed by atoms with van der Waals surface area (Å²) in [7, 11) is 0. The largest absolute Gasteiger partial charge is 0.481 e. The van der Waals surface area contributed by atoms with Crippen LogP contribution in [0.2, 0.25) is 0 Å². The van der Waals surface area contributed by atoms with Crippen molar-refractivity contribution in [1.29, 1.82) is 0 Å². The van der Waals surface area contributed by atoms with Gasteiger partial charge in [-0.3, -0.25) is 14.4 Å². The Labute approximate surface area is 110 Å². The van der Waals surface area contributed by atoms with Crippen LogP contribution < -0.4 is 10.6 Å². The van der Waals surface area contributed by atoms with Crippen LogP contribution in [0.4, 0.5) is 0 Å². The highest BCUT2D eigenvalue weighted by Gasteiger charge is 2.25. The van der Waals surface area contributed by atoms with E-state index >= 15 is 0 Å². The van der Waals surface area contributed by atoms with Crippen LogP contribution in [0.25, 0.3) is 0 Å². The van der Waals surface area contributed by atoms with Crippen LogP contribution in [0.3, 0.4) is 0 Å². The molecule has 6 heteroatoms. The van der Waals surface area contributed by atoms with Gasteiger partial charge in [0.25, 0.3) is 5.97 Å². The third kappa shape index (κ3) is 5.67. The van der Waals surface area contributed by atoms with Gasteiger partial charge in [0.15, 0.2) is 0 Å². The minimum Gasteiger partial charge on any atom is -0.481 e. The fraction of sp³-hybridized carbons (Fsp3) is 0.308. The van der Waals surface area contributed by atoms with Crippen molar-refractivity contribution in [3.63, 3.8) is 0 Å². The summed E-state index contributed by atoms with van der Waals surface area (Å²) >= 11 is 0. The molecule has 1 fully saturated rings. The van der Waals surface area contributed by atoms with Gasteiger partial charge >= 0.3 is 0 Å². The summed E-state index contributed by atoms with van der Waals surface area (Å²) < 4.78 is 0. The molecule has 2 rings (SSSR count). The van der Waals surface area contributed by atoms with Crippen LogP contribution >= 0.6 is 0 Å². The van der Waals surface area contributed by atoms with Crippen molar-refractivity contribution >= 4 is 17.8 Å². The smallest absolute Gasteiger partial charge is 0.300 e. The van der Waals surface area contributed by atoms with Gasteiger partial charge in [-0.25, -0.2) is 0 Å². The number of carbonyl (C=O) groups excluding carboxylic acids is 2. The molecule has 0 spiro atoms. The molecule has 1 aliphatic rings. The first-order valence-electron chi connectivity index (χ1n) is 5.79. The normalized spacial score (nSPS) is 17.6. The maximum atomic E-state index is 11.4. The average Bonchev–Trinajstić information content (AvgIpc) is 2.34. The van der Waals surface area contributed by atoms with E-state index in [2.05, 4.69) is 10.6 Å². The highest BCUT2D eigenvalue weighted by Crippen LogP contribution is 2.04. The number of amides is 2. The summed E-state index contributed by atoms with van der Waals surface area (Å²) in [6.45, 7) is 1.17. The van der Waals surface area contributed by atoms with E-state index in [0.29, 0.717) is 6.42 Å². The number of nitrogens with one attached hydrogen (secondary N) is 2. The molecule has 1 heterocycles. The zero-order valence-electron chi connectivity index (χ0n) is 10.6. The van der Waals surface area contributed by atoms with E-state index in [4.69, 9.17) is 9.90 Å². The van der Waals surface area contributed by atoms with E-state index in [1.54, 1.807) is 0 Å². The molecule has 19 heavy (non-hydrogen) atoms. The van der Waals surface area contributed by atoms with Gasteiger partial charge in [0, 0.05) is 13.3 Å². The Hall–Kier alpha value is -2.37. The van der Waals surface area contributed by atoms with Crippen LogP contribution in [-0.4, -0.2) is 35.5 Å². The van der Waals surface area contributed by atoms with Gasteiger partial charge < -0.3 is 15.7 Å². The highest BCUT2D eigenvalue weighted by atomic mass is 16.4. The van der Waals surface area contributed by atoms with Crippen LogP contribution in [-0.2, 0) is 20.8 Å². The maximum Gasteiger partial charge on any atom is 0.300 e. The van der Waals surface area contributed by atoms with Crippen molar-refractivity contribution in [1.82, 2.24) is 10.6 Å². The van der Waals surface area contributed by atoms with Crippen LogP contribution in [0, 0.1) is 0 Å². The Kier molecular flexibility index (Phi) is 5.53. The summed E-state index contributed by atoms with van der Waals surface area (Å²) in [6, 6.07) is 9.19. The number of hydrogen-bond acceptors (Lipinski definition) is 3. The zero-order valence-corrected chi connectivity index (χ0v) is 10.6. The van der Waals surface area contributed by atoms with Crippen molar-refractivity contribution in [2.24, 2.45) is 0 Å². The molecule has 0 radical (unpaired) electrons. The lowest BCUT2D eigenvalue weighted by molar-refractivity contribution is -0.134. The number of benzene rings is 1. The standard InChI is InChI=1S/C11H12N2O2.C2H4O2/c14-10-7-12-11(15)9(13-10)6-8-4-2-1-3-5-8;1-2(3)4/h1-5,9H,6-7H2,(H,12,15)(H,13,14);1H3,(H,3,4). The van der Waals surface area contributed by atoms with Gasteiger partial charge in [-0.15, -0.1) is 0 Å². The number of carboxylic acids is 1. The minimum atomic E-state index is -0.833. The molecule has 2 amide bonds. The van der Waals surface area contributed by atoms with Crippen molar-refractivity contribution in [2.75, 3.05) is 6.54 Å². The van der Waals surface area contributed by atoms with Crippen LogP contribution in [0.1, 0.15) is 12.5 Å². The lowest BCUT2D eigenvalue weighted by atomic mass is 10.0. The van der Waals surface area contributed by atoms with E-state index in [1.807, 2.05) is 30.3 Å². The molecule has 1 aromatic carbocycles. The quantitative estimate of drug-likeness (QED) is 0.697. The summed E-state index contributed by atoms with van der Waals surface area (Å²) in [5.74, 6) is -1.08. The Morgan fingerprint density at radius 2 is 1.89 bits per heavy atom. The van der Waals surface area contributed by atoms with E-state index in [0.717, 1.165) is 12.5 Å². The zero-order chi connectivity index (χ0) is 14.3. The van der Waals surface area contributed by atoms with Gasteiger partial charge in [-0.1, -0.05) is 30.3 Å². The number of carbonyl (C=O) groups is 3. The van der Waals surface area contributed by atoms with Crippen LogP contribution in [0.15, 0.2) is 30.3 Å². The predicted octanol–water partition coefficient (Wildman–Crippen LogP) is -0.0654. The summed E-state index contributed by atoms with van der Waals surface area (Å²) in [5, 5.41) is 12.6. The van der Waals surface area contributed by atoms with Crippen molar-refractivity contribution < 1.29 is 19.5 Å². The number of aliphatic carboxylic acids is 1. The monoisotopic (exact) mass is 264 g/mol. The molecule has 0 saturated carbocycles. The fourth-order valence-electron chi connectivity index (χ4n) is 1.60. The second-order valence-electron chi connectivity index (χ2n) is 4.05. The Morgan fingerprint density at radius 3 is 2.47 bits per heavy atom. The third-order valence-electron chi connectivity index (χ3n) is 2.36. The Bertz CT molecular complexity index is 455. The molecule has 1 atom stereocenters. The molecule has 0 aliphatic carbocycles. The number of hydrogen-bond donors (Lipinski definition) is 3. The van der Waals surface area contributed by atoms with Crippen LogP contribution in [0.5, 0.6) is 0 Å². The molecule has 3 N–H and O–H groups in total. The summed E-state index contributed by atoms with van der Waals surface area (Å²) in [5.41, 5.74) is 1.04. The maximum absolute atomic E-state index is 11.4. The first-order chi connectivity index (χ1) is 8.99. The first-order valence-corrected chi connectivity index (χ1v) is 5.79. The number of piperazine rings is 1. The molecule has 1 aliphatic heterocycles. The molecule has 0 bridgehead atoms. The van der Waals surface area contributed by atoms with Gasteiger partial charge in [0.1, 0.15) is 6.04 Å². The first kappa shape index (κ1) is 14.7. The molecule has 1 saturated heterocycles. The number of rotatable bonds is 2. The van der Waals surface area contributed by atoms with Gasteiger partial charge in [0.05, 0.1) is 6.54 Å². The Balaban J connectivity index is 0.000000399. The molecule has 0 aromatic heterocycles. The topological polar surface area (TPSA) is 95.5 Å². The predicted molar refractivity (Wildman–Crippen MR) is 68.4 cm³/mol. The second kappa shape index (κ2) is 7.15. The Morgan fingerprint density at radius 1 is 1.32 bits per heavy atom. The minimum absolute atomic E-state index is 0.0874. The highest BCUT2D eigenvalue weighted by molar-refractivity contribution is 5.94. The van der Waals surface area contributed by atoms with E-state index in [1.165, 1.54) is 0 Å². The van der Waals surface area contributed by atoms with Gasteiger partial charge in [0.2, 0.25) is 11.8 Å². The van der Waals surface area contributed by atoms with Crippen molar-refractivity contribution in [3.05, 3.63) is 35.9 Å². The SMILES string of the molecule is CC(=O)O.O=C1CNC(=O)C(Cc2ccccc2)N1. The van der Waals surface area contributed by atoms with E-state index in [-0.39, 0.29) is 18.4 Å². The summed E-state index contributed by atoms with van der Waals surface area (Å²) in [4.78, 5) is 31.5. The molecular formula is C13H16N2O4. The van der Waals surface area contributed by atoms with E-state index < -0.39 is 12.0 Å². The molecule has 1 unspecified atom stereocenters. The molecule has 1 aromatic rings. The molecule has 6 nitrogen and oxygen atoms in total. The number of carboxylic acid groups (broad SMARTS) is 1. The molecule has 102 valence electrons. The fourth-order valence-corrected chi connectivity index (χ4v) is 1.60. The lowest BCUT2D eigenvalue weighted by Crippen LogP contribution is -2.56. The lowest BCUT2D eigenvalue weighted by Gasteiger charge is -2.23. The second-order valence-corrected chi connectivity index (χ2v) is 4.05. The van der Waals surface area contributed by atoms with Crippen molar-refractivity contribution in [2.45, 2.75) is 19.4 Å². The average molecular weight is 264 g/mol. The van der Waals surface area contributed by atoms with Gasteiger partial charge in [-0.2, -0.15) is 0 Å².